The molecule has 170 valence electrons. The molecule has 1 saturated heterocycles. The fraction of sp³-hybridized carbons (Fsp3) is 0.750. The first-order chi connectivity index (χ1) is 14.0. The maximum absolute atomic E-state index is 12.8. The molecule has 1 aliphatic heterocycles. The number of carbonyl (C=O) groups is 5. The van der Waals surface area contributed by atoms with Crippen LogP contribution < -0.4 is 21.7 Å². The first kappa shape index (κ1) is 25.5. The van der Waals surface area contributed by atoms with Crippen LogP contribution in [0.3, 0.4) is 0 Å². The van der Waals surface area contributed by atoms with E-state index in [0.717, 1.165) is 12.7 Å². The average molecular weight is 426 g/mol. The molecule has 0 saturated carbocycles. The minimum atomic E-state index is -0.836. The number of amides is 4. The number of likely N-dealkylation sites (tertiary alicyclic amines) is 1. The van der Waals surface area contributed by atoms with Gasteiger partial charge in [-0.25, -0.2) is 0 Å². The monoisotopic (exact) mass is 425 g/mol. The predicted molar refractivity (Wildman–Crippen MR) is 111 cm³/mol. The van der Waals surface area contributed by atoms with Gasteiger partial charge in [-0.3, -0.25) is 19.2 Å². The van der Waals surface area contributed by atoms with E-state index in [1.165, 1.54) is 11.8 Å². The van der Waals surface area contributed by atoms with E-state index in [1.54, 1.807) is 27.7 Å². The van der Waals surface area contributed by atoms with E-state index in [4.69, 9.17) is 5.73 Å². The summed E-state index contributed by atoms with van der Waals surface area (Å²) in [6.07, 6.45) is 2.12. The second-order valence-corrected chi connectivity index (χ2v) is 8.40. The zero-order valence-corrected chi connectivity index (χ0v) is 18.4. The van der Waals surface area contributed by atoms with Gasteiger partial charge in [-0.1, -0.05) is 27.7 Å². The van der Waals surface area contributed by atoms with Crippen molar-refractivity contribution in [1.29, 1.82) is 0 Å². The van der Waals surface area contributed by atoms with Crippen LogP contribution in [0.1, 0.15) is 47.5 Å². The molecule has 5 N–H and O–H groups in total. The summed E-state index contributed by atoms with van der Waals surface area (Å²) in [5.74, 6) is -2.21. The Morgan fingerprint density at radius 3 is 2.10 bits per heavy atom. The van der Waals surface area contributed by atoms with Crippen LogP contribution >= 0.6 is 0 Å². The first-order valence-electron chi connectivity index (χ1n) is 10.4. The highest BCUT2D eigenvalue weighted by Crippen LogP contribution is 2.18. The molecule has 0 aromatic carbocycles. The van der Waals surface area contributed by atoms with E-state index < -0.39 is 41.9 Å². The second-order valence-electron chi connectivity index (χ2n) is 8.40. The van der Waals surface area contributed by atoms with Crippen molar-refractivity contribution < 1.29 is 24.0 Å². The maximum Gasteiger partial charge on any atom is 0.246 e. The van der Waals surface area contributed by atoms with Crippen LogP contribution in [0.5, 0.6) is 0 Å². The number of nitrogens with two attached hydrogens (primary N) is 1. The van der Waals surface area contributed by atoms with Crippen LogP contribution in [-0.4, -0.2) is 72.1 Å². The Morgan fingerprint density at radius 1 is 1.00 bits per heavy atom. The summed E-state index contributed by atoms with van der Waals surface area (Å²) < 4.78 is 0. The standard InChI is InChI=1S/C20H35N5O5/c1-11(2)16(24-18(28)13(5)21)19(29)22-9-15(27)23-17(12(3)4)20(30)25-8-6-7-14(25)10-26/h10-14,16-17H,6-9,21H2,1-5H3,(H,22,29)(H,23,27)(H,24,28). The van der Waals surface area contributed by atoms with Crippen molar-refractivity contribution >= 4 is 29.9 Å². The van der Waals surface area contributed by atoms with Crippen molar-refractivity contribution in [2.75, 3.05) is 13.1 Å². The normalized spacial score (nSPS) is 19.2. The van der Waals surface area contributed by atoms with Crippen LogP contribution in [0.4, 0.5) is 0 Å². The summed E-state index contributed by atoms with van der Waals surface area (Å²) in [6.45, 7) is 8.77. The van der Waals surface area contributed by atoms with Gasteiger partial charge in [-0.2, -0.15) is 0 Å². The highest BCUT2D eigenvalue weighted by molar-refractivity contribution is 5.93. The fourth-order valence-electron chi connectivity index (χ4n) is 3.22. The molecule has 1 rings (SSSR count). The highest BCUT2D eigenvalue weighted by atomic mass is 16.2. The molecule has 0 aliphatic carbocycles. The van der Waals surface area contributed by atoms with Gasteiger partial charge in [-0.05, 0) is 31.6 Å². The Morgan fingerprint density at radius 2 is 1.60 bits per heavy atom. The van der Waals surface area contributed by atoms with E-state index in [1.807, 2.05) is 0 Å². The molecule has 1 aliphatic rings. The smallest absolute Gasteiger partial charge is 0.246 e. The van der Waals surface area contributed by atoms with Gasteiger partial charge < -0.3 is 31.4 Å². The number of hydrogen-bond acceptors (Lipinski definition) is 6. The van der Waals surface area contributed by atoms with Gasteiger partial charge >= 0.3 is 0 Å². The van der Waals surface area contributed by atoms with Crippen molar-refractivity contribution in [3.05, 3.63) is 0 Å². The summed E-state index contributed by atoms with van der Waals surface area (Å²) in [5.41, 5.74) is 5.52. The van der Waals surface area contributed by atoms with E-state index >= 15 is 0 Å². The third-order valence-corrected chi connectivity index (χ3v) is 5.07. The van der Waals surface area contributed by atoms with Crippen LogP contribution in [0.15, 0.2) is 0 Å². The van der Waals surface area contributed by atoms with Gasteiger partial charge in [0.05, 0.1) is 18.6 Å². The Balaban J connectivity index is 2.69. The lowest BCUT2D eigenvalue weighted by Crippen LogP contribution is -2.56. The molecule has 0 aromatic rings. The molecule has 0 radical (unpaired) electrons. The highest BCUT2D eigenvalue weighted by Gasteiger charge is 2.35. The van der Waals surface area contributed by atoms with Crippen molar-refractivity contribution in [3.63, 3.8) is 0 Å². The van der Waals surface area contributed by atoms with Crippen molar-refractivity contribution in [2.24, 2.45) is 17.6 Å². The summed E-state index contributed by atoms with van der Waals surface area (Å²) in [5, 5.41) is 7.71. The van der Waals surface area contributed by atoms with Gasteiger partial charge in [0.15, 0.2) is 0 Å². The van der Waals surface area contributed by atoms with E-state index in [-0.39, 0.29) is 24.3 Å². The Hall–Kier alpha value is -2.49. The molecule has 0 bridgehead atoms. The fourth-order valence-corrected chi connectivity index (χ4v) is 3.22. The number of aldehydes is 1. The van der Waals surface area contributed by atoms with Crippen LogP contribution in [0.2, 0.25) is 0 Å². The molecule has 1 heterocycles. The Kier molecular flexibility index (Phi) is 9.91. The van der Waals surface area contributed by atoms with Gasteiger partial charge in [0.25, 0.3) is 0 Å². The zero-order valence-electron chi connectivity index (χ0n) is 18.4. The molecule has 4 unspecified atom stereocenters. The molecular formula is C20H35N5O5. The zero-order chi connectivity index (χ0) is 23.0. The van der Waals surface area contributed by atoms with Crippen molar-refractivity contribution in [1.82, 2.24) is 20.9 Å². The molecule has 30 heavy (non-hydrogen) atoms. The molecular weight excluding hydrogens is 390 g/mol. The van der Waals surface area contributed by atoms with Gasteiger partial charge in [0.2, 0.25) is 23.6 Å². The van der Waals surface area contributed by atoms with E-state index in [9.17, 15) is 24.0 Å². The van der Waals surface area contributed by atoms with Crippen molar-refractivity contribution in [3.8, 4) is 0 Å². The van der Waals surface area contributed by atoms with Crippen LogP contribution in [-0.2, 0) is 24.0 Å². The number of nitrogens with one attached hydrogen (secondary N) is 3. The number of rotatable bonds is 10. The number of hydrogen-bond donors (Lipinski definition) is 4. The molecule has 4 amide bonds. The topological polar surface area (TPSA) is 151 Å². The molecule has 0 spiro atoms. The number of carbonyl (C=O) groups excluding carboxylic acids is 5. The minimum absolute atomic E-state index is 0.196. The largest absolute Gasteiger partial charge is 0.345 e. The van der Waals surface area contributed by atoms with Crippen molar-refractivity contribution in [2.45, 2.75) is 71.6 Å². The average Bonchev–Trinajstić information content (AvgIpc) is 3.15. The lowest BCUT2D eigenvalue weighted by molar-refractivity contribution is -0.140. The quantitative estimate of drug-likeness (QED) is 0.327. The molecule has 10 heteroatoms. The summed E-state index contributed by atoms with van der Waals surface area (Å²) in [6, 6.07) is -2.86. The van der Waals surface area contributed by atoms with Gasteiger partial charge in [0.1, 0.15) is 18.4 Å². The molecule has 10 nitrogen and oxygen atoms in total. The van der Waals surface area contributed by atoms with Crippen LogP contribution in [0, 0.1) is 11.8 Å². The lowest BCUT2D eigenvalue weighted by Gasteiger charge is -2.29. The summed E-state index contributed by atoms with van der Waals surface area (Å²) >= 11 is 0. The van der Waals surface area contributed by atoms with Crippen LogP contribution in [0.25, 0.3) is 0 Å². The lowest BCUT2D eigenvalue weighted by atomic mass is 10.0. The first-order valence-corrected chi connectivity index (χ1v) is 10.4. The minimum Gasteiger partial charge on any atom is -0.345 e. The molecule has 4 atom stereocenters. The maximum atomic E-state index is 12.8. The van der Waals surface area contributed by atoms with Gasteiger partial charge in [0, 0.05) is 6.54 Å². The Bertz CT molecular complexity index is 649. The third-order valence-electron chi connectivity index (χ3n) is 5.07. The Labute approximate surface area is 177 Å². The SMILES string of the molecule is CC(N)C(=O)NC(C(=O)NCC(=O)NC(C(=O)N1CCCC1C=O)C(C)C)C(C)C. The predicted octanol–water partition coefficient (Wildman–Crippen LogP) is -1.08. The summed E-state index contributed by atoms with van der Waals surface area (Å²) in [7, 11) is 0. The molecule has 1 fully saturated rings. The van der Waals surface area contributed by atoms with E-state index in [0.29, 0.717) is 13.0 Å². The summed E-state index contributed by atoms with van der Waals surface area (Å²) in [4.78, 5) is 62.1. The van der Waals surface area contributed by atoms with Gasteiger partial charge in [-0.15, -0.1) is 0 Å². The second kappa shape index (κ2) is 11.6. The number of nitrogens with zero attached hydrogens (tertiary/aromatic N) is 1. The third kappa shape index (κ3) is 7.08. The molecule has 0 aromatic heterocycles. The van der Waals surface area contributed by atoms with E-state index in [2.05, 4.69) is 16.0 Å².